The van der Waals surface area contributed by atoms with Crippen molar-refractivity contribution in [2.45, 2.75) is 64.5 Å². The predicted molar refractivity (Wildman–Crippen MR) is 68.3 cm³/mol. The number of carbonyl (C=O) groups is 2. The Morgan fingerprint density at radius 3 is 2.72 bits per heavy atom. The molecule has 1 aliphatic heterocycles. The number of nitrogens with zero attached hydrogens (tertiary/aromatic N) is 1. The Morgan fingerprint density at radius 2 is 2.06 bits per heavy atom. The standard InChI is InChI=1S/C14H23NO3/c1-14(2,3)18-13(17)15-8-4-5-10-9-11(16)6-7-12(10)15/h10,12H,4-9H2,1-3H3/t10-,12-/m1/s1. The molecule has 0 aromatic heterocycles. The molecule has 0 aromatic carbocycles. The van der Waals surface area contributed by atoms with Crippen LogP contribution in [0.4, 0.5) is 4.79 Å². The Hall–Kier alpha value is -1.06. The molecule has 102 valence electrons. The van der Waals surface area contributed by atoms with Gasteiger partial charge in [-0.3, -0.25) is 4.79 Å². The molecule has 4 heteroatoms. The minimum atomic E-state index is -0.450. The van der Waals surface area contributed by atoms with E-state index in [9.17, 15) is 9.59 Å². The Kier molecular flexibility index (Phi) is 3.64. The van der Waals surface area contributed by atoms with E-state index in [0.29, 0.717) is 24.5 Å². The van der Waals surface area contributed by atoms with Crippen molar-refractivity contribution in [2.75, 3.05) is 6.54 Å². The summed E-state index contributed by atoms with van der Waals surface area (Å²) in [7, 11) is 0. The van der Waals surface area contributed by atoms with Gasteiger partial charge in [0.05, 0.1) is 0 Å². The zero-order valence-corrected chi connectivity index (χ0v) is 11.6. The average molecular weight is 253 g/mol. The highest BCUT2D eigenvalue weighted by Gasteiger charge is 2.39. The molecule has 0 radical (unpaired) electrons. The molecule has 18 heavy (non-hydrogen) atoms. The minimum Gasteiger partial charge on any atom is -0.444 e. The number of piperidine rings is 1. The van der Waals surface area contributed by atoms with Gasteiger partial charge in [-0.05, 0) is 46.0 Å². The summed E-state index contributed by atoms with van der Waals surface area (Å²) in [5.41, 5.74) is -0.450. The van der Waals surface area contributed by atoms with E-state index < -0.39 is 5.60 Å². The maximum absolute atomic E-state index is 12.2. The second kappa shape index (κ2) is 4.90. The summed E-state index contributed by atoms with van der Waals surface area (Å²) >= 11 is 0. The summed E-state index contributed by atoms with van der Waals surface area (Å²) in [6, 6.07) is 0.214. The summed E-state index contributed by atoms with van der Waals surface area (Å²) in [5, 5.41) is 0. The average Bonchev–Trinajstić information content (AvgIpc) is 2.25. The number of amides is 1. The smallest absolute Gasteiger partial charge is 0.410 e. The van der Waals surface area contributed by atoms with Crippen LogP contribution in [0.15, 0.2) is 0 Å². The number of rotatable bonds is 0. The molecular formula is C14H23NO3. The van der Waals surface area contributed by atoms with Gasteiger partial charge in [0.2, 0.25) is 0 Å². The monoisotopic (exact) mass is 253 g/mol. The third-order valence-corrected chi connectivity index (χ3v) is 3.76. The highest BCUT2D eigenvalue weighted by Crippen LogP contribution is 2.34. The zero-order chi connectivity index (χ0) is 13.3. The SMILES string of the molecule is CC(C)(C)OC(=O)N1CCC[C@@H]2CC(=O)CC[C@H]21. The first kappa shape index (κ1) is 13.4. The summed E-state index contributed by atoms with van der Waals surface area (Å²) in [4.78, 5) is 25.5. The summed E-state index contributed by atoms with van der Waals surface area (Å²) in [6.07, 6.45) is 3.89. The van der Waals surface area contributed by atoms with Gasteiger partial charge in [-0.25, -0.2) is 4.79 Å². The molecule has 1 amide bonds. The summed E-state index contributed by atoms with van der Waals surface area (Å²) < 4.78 is 5.46. The number of likely N-dealkylation sites (tertiary alicyclic amines) is 1. The van der Waals surface area contributed by atoms with Crippen molar-refractivity contribution < 1.29 is 14.3 Å². The number of ether oxygens (including phenoxy) is 1. The summed E-state index contributed by atoms with van der Waals surface area (Å²) in [6.45, 7) is 6.43. The Labute approximate surface area is 109 Å². The van der Waals surface area contributed by atoms with Crippen LogP contribution in [0.2, 0.25) is 0 Å². The van der Waals surface area contributed by atoms with E-state index in [4.69, 9.17) is 4.74 Å². The number of Topliss-reactive ketones (excluding diaryl/α,β-unsaturated/α-hetero) is 1. The van der Waals surface area contributed by atoms with E-state index in [1.807, 2.05) is 25.7 Å². The predicted octanol–water partition coefficient (Wildman–Crippen LogP) is 2.76. The van der Waals surface area contributed by atoms with E-state index in [2.05, 4.69) is 0 Å². The van der Waals surface area contributed by atoms with Crippen LogP contribution in [0.1, 0.15) is 52.9 Å². The molecule has 0 aromatic rings. The minimum absolute atomic E-state index is 0.214. The molecule has 2 atom stereocenters. The van der Waals surface area contributed by atoms with Crippen molar-refractivity contribution >= 4 is 11.9 Å². The fourth-order valence-electron chi connectivity index (χ4n) is 3.02. The van der Waals surface area contributed by atoms with Crippen molar-refractivity contribution in [3.63, 3.8) is 0 Å². The lowest BCUT2D eigenvalue weighted by atomic mass is 9.78. The van der Waals surface area contributed by atoms with Gasteiger partial charge in [0.25, 0.3) is 0 Å². The van der Waals surface area contributed by atoms with Crippen molar-refractivity contribution in [1.82, 2.24) is 4.90 Å². The van der Waals surface area contributed by atoms with Crippen LogP contribution >= 0.6 is 0 Å². The van der Waals surface area contributed by atoms with Gasteiger partial charge < -0.3 is 9.64 Å². The normalized spacial score (nSPS) is 28.8. The molecule has 4 nitrogen and oxygen atoms in total. The highest BCUT2D eigenvalue weighted by atomic mass is 16.6. The Balaban J connectivity index is 2.03. The van der Waals surface area contributed by atoms with E-state index in [1.165, 1.54) is 0 Å². The molecule has 0 unspecified atom stereocenters. The fraction of sp³-hybridized carbons (Fsp3) is 0.857. The van der Waals surface area contributed by atoms with Crippen LogP contribution in [0.3, 0.4) is 0 Å². The molecule has 1 saturated carbocycles. The molecule has 1 saturated heterocycles. The molecule has 1 heterocycles. The van der Waals surface area contributed by atoms with E-state index in [1.54, 1.807) is 0 Å². The lowest BCUT2D eigenvalue weighted by Gasteiger charge is -2.43. The van der Waals surface area contributed by atoms with Gasteiger partial charge in [-0.15, -0.1) is 0 Å². The Bertz CT molecular complexity index is 345. The number of carbonyl (C=O) groups excluding carboxylic acids is 2. The van der Waals surface area contributed by atoms with Crippen LogP contribution in [0.5, 0.6) is 0 Å². The molecule has 0 N–H and O–H groups in total. The molecule has 2 fully saturated rings. The van der Waals surface area contributed by atoms with Gasteiger partial charge in [-0.2, -0.15) is 0 Å². The van der Waals surface area contributed by atoms with Crippen molar-refractivity contribution in [3.05, 3.63) is 0 Å². The van der Waals surface area contributed by atoms with Crippen LogP contribution in [0, 0.1) is 5.92 Å². The maximum Gasteiger partial charge on any atom is 0.410 e. The molecule has 1 aliphatic carbocycles. The van der Waals surface area contributed by atoms with Crippen LogP contribution in [-0.2, 0) is 9.53 Å². The lowest BCUT2D eigenvalue weighted by Crippen LogP contribution is -2.52. The summed E-state index contributed by atoms with van der Waals surface area (Å²) in [5.74, 6) is 0.704. The zero-order valence-electron chi connectivity index (χ0n) is 11.6. The second-order valence-electron chi connectivity index (χ2n) is 6.42. The van der Waals surface area contributed by atoms with Crippen LogP contribution in [0.25, 0.3) is 0 Å². The van der Waals surface area contributed by atoms with Gasteiger partial charge in [0.15, 0.2) is 0 Å². The molecule has 2 rings (SSSR count). The van der Waals surface area contributed by atoms with Crippen LogP contribution < -0.4 is 0 Å². The van der Waals surface area contributed by atoms with E-state index in [0.717, 1.165) is 25.8 Å². The fourth-order valence-corrected chi connectivity index (χ4v) is 3.02. The number of hydrogen-bond donors (Lipinski definition) is 0. The largest absolute Gasteiger partial charge is 0.444 e. The van der Waals surface area contributed by atoms with Crippen molar-refractivity contribution in [1.29, 1.82) is 0 Å². The van der Waals surface area contributed by atoms with Gasteiger partial charge >= 0.3 is 6.09 Å². The first-order valence-corrected chi connectivity index (χ1v) is 6.88. The van der Waals surface area contributed by atoms with E-state index >= 15 is 0 Å². The molecule has 2 aliphatic rings. The van der Waals surface area contributed by atoms with Crippen LogP contribution in [-0.4, -0.2) is 35.0 Å². The molecular weight excluding hydrogens is 230 g/mol. The highest BCUT2D eigenvalue weighted by molar-refractivity contribution is 5.80. The topological polar surface area (TPSA) is 46.6 Å². The third kappa shape index (κ3) is 3.03. The third-order valence-electron chi connectivity index (χ3n) is 3.76. The molecule has 0 spiro atoms. The second-order valence-corrected chi connectivity index (χ2v) is 6.42. The number of hydrogen-bond acceptors (Lipinski definition) is 3. The van der Waals surface area contributed by atoms with E-state index in [-0.39, 0.29) is 12.1 Å². The van der Waals surface area contributed by atoms with Gasteiger partial charge in [-0.1, -0.05) is 0 Å². The lowest BCUT2D eigenvalue weighted by molar-refractivity contribution is -0.124. The number of ketones is 1. The first-order chi connectivity index (χ1) is 8.37. The number of fused-ring (bicyclic) bond motifs is 1. The first-order valence-electron chi connectivity index (χ1n) is 6.88. The maximum atomic E-state index is 12.2. The Morgan fingerprint density at radius 1 is 1.33 bits per heavy atom. The molecule has 0 bridgehead atoms. The van der Waals surface area contributed by atoms with Gasteiger partial charge in [0, 0.05) is 25.4 Å². The quantitative estimate of drug-likeness (QED) is 0.667. The van der Waals surface area contributed by atoms with Crippen molar-refractivity contribution in [2.24, 2.45) is 5.92 Å². The van der Waals surface area contributed by atoms with Crippen molar-refractivity contribution in [3.8, 4) is 0 Å². The van der Waals surface area contributed by atoms with Gasteiger partial charge in [0.1, 0.15) is 11.4 Å².